The number of hydrogen-bond donors (Lipinski definition) is 1. The molecule has 15 heavy (non-hydrogen) atoms. The van der Waals surface area contributed by atoms with Crippen LogP contribution in [0.25, 0.3) is 11.4 Å². The Hall–Kier alpha value is -1.79. The zero-order valence-corrected chi connectivity index (χ0v) is 7.71. The summed E-state index contributed by atoms with van der Waals surface area (Å²) in [7, 11) is 1.64. The van der Waals surface area contributed by atoms with Gasteiger partial charge in [0.1, 0.15) is 11.4 Å². The highest BCUT2D eigenvalue weighted by Crippen LogP contribution is 2.29. The van der Waals surface area contributed by atoms with Gasteiger partial charge < -0.3 is 0 Å². The molecule has 0 aliphatic rings. The van der Waals surface area contributed by atoms with E-state index in [-0.39, 0.29) is 5.69 Å². The van der Waals surface area contributed by atoms with Crippen LogP contribution in [0.4, 0.5) is 13.2 Å². The number of rotatable bonds is 1. The lowest BCUT2D eigenvalue weighted by molar-refractivity contribution is -0.141. The van der Waals surface area contributed by atoms with E-state index in [0.717, 1.165) is 6.07 Å². The topological polar surface area (TPSA) is 46.5 Å². The number of aromatic amines is 1. The van der Waals surface area contributed by atoms with Crippen LogP contribution in [0.15, 0.2) is 18.3 Å². The van der Waals surface area contributed by atoms with Crippen LogP contribution in [0, 0.1) is 0 Å². The van der Waals surface area contributed by atoms with Crippen molar-refractivity contribution in [3.8, 4) is 11.4 Å². The van der Waals surface area contributed by atoms with E-state index in [9.17, 15) is 13.2 Å². The van der Waals surface area contributed by atoms with Crippen LogP contribution in [-0.4, -0.2) is 20.0 Å². The predicted molar refractivity (Wildman–Crippen MR) is 45.8 cm³/mol. The quantitative estimate of drug-likeness (QED) is 0.790. The summed E-state index contributed by atoms with van der Waals surface area (Å²) < 4.78 is 38.2. The fraction of sp³-hybridized carbons (Fsp3) is 0.250. The lowest BCUT2D eigenvalue weighted by atomic mass is 10.3. The molecule has 0 atom stereocenters. The van der Waals surface area contributed by atoms with Gasteiger partial charge in [-0.15, -0.1) is 0 Å². The first-order valence-electron chi connectivity index (χ1n) is 4.09. The maximum absolute atomic E-state index is 12.2. The van der Waals surface area contributed by atoms with Crippen LogP contribution >= 0.6 is 0 Å². The molecule has 0 fully saturated rings. The SMILES string of the molecule is Cn1nccc1-c1cc(C(F)(F)F)[nH]n1. The molecule has 4 nitrogen and oxygen atoms in total. The molecule has 0 aromatic carbocycles. The zero-order valence-electron chi connectivity index (χ0n) is 7.71. The number of alkyl halides is 3. The smallest absolute Gasteiger partial charge is 0.273 e. The monoisotopic (exact) mass is 216 g/mol. The molecule has 7 heteroatoms. The van der Waals surface area contributed by atoms with Crippen molar-refractivity contribution in [2.45, 2.75) is 6.18 Å². The molecule has 2 aromatic heterocycles. The van der Waals surface area contributed by atoms with Crippen LogP contribution in [0.2, 0.25) is 0 Å². The zero-order chi connectivity index (χ0) is 11.1. The molecule has 0 saturated carbocycles. The minimum absolute atomic E-state index is 0.224. The van der Waals surface area contributed by atoms with E-state index >= 15 is 0 Å². The van der Waals surface area contributed by atoms with Crippen LogP contribution in [0.3, 0.4) is 0 Å². The molecule has 80 valence electrons. The van der Waals surface area contributed by atoms with E-state index in [2.05, 4.69) is 10.2 Å². The molecule has 0 bridgehead atoms. The highest BCUT2D eigenvalue weighted by Gasteiger charge is 2.33. The third-order valence-electron chi connectivity index (χ3n) is 1.97. The molecule has 1 N–H and O–H groups in total. The number of aryl methyl sites for hydroxylation is 1. The largest absolute Gasteiger partial charge is 0.432 e. The molecular weight excluding hydrogens is 209 g/mol. The number of aromatic nitrogens is 4. The first kappa shape index (κ1) is 9.75. The lowest BCUT2D eigenvalue weighted by Crippen LogP contribution is -2.04. The summed E-state index contributed by atoms with van der Waals surface area (Å²) >= 11 is 0. The second-order valence-corrected chi connectivity index (χ2v) is 3.00. The summed E-state index contributed by atoms with van der Waals surface area (Å²) in [4.78, 5) is 0. The van der Waals surface area contributed by atoms with Gasteiger partial charge in [-0.1, -0.05) is 0 Å². The average Bonchev–Trinajstić information content (AvgIpc) is 2.69. The number of H-pyrrole nitrogens is 1. The Morgan fingerprint density at radius 1 is 1.40 bits per heavy atom. The summed E-state index contributed by atoms with van der Waals surface area (Å²) in [6.07, 6.45) is -2.90. The first-order chi connectivity index (χ1) is 6.98. The van der Waals surface area contributed by atoms with Crippen molar-refractivity contribution in [2.24, 2.45) is 7.05 Å². The van der Waals surface area contributed by atoms with Gasteiger partial charge in [0.05, 0.1) is 5.69 Å². The summed E-state index contributed by atoms with van der Waals surface area (Å²) in [5.74, 6) is 0. The fourth-order valence-electron chi connectivity index (χ4n) is 1.22. The van der Waals surface area contributed by atoms with E-state index in [4.69, 9.17) is 0 Å². The second kappa shape index (κ2) is 3.11. The highest BCUT2D eigenvalue weighted by molar-refractivity contribution is 5.54. The maximum atomic E-state index is 12.2. The van der Waals surface area contributed by atoms with E-state index < -0.39 is 11.9 Å². The van der Waals surface area contributed by atoms with Crippen molar-refractivity contribution < 1.29 is 13.2 Å². The molecule has 2 rings (SSSR count). The average molecular weight is 216 g/mol. The van der Waals surface area contributed by atoms with Crippen molar-refractivity contribution in [2.75, 3.05) is 0 Å². The van der Waals surface area contributed by atoms with Crippen LogP contribution in [0.1, 0.15) is 5.69 Å². The van der Waals surface area contributed by atoms with Gasteiger partial charge in [0, 0.05) is 13.2 Å². The standard InChI is InChI=1S/C8H7F3N4/c1-15-6(2-3-12-15)5-4-7(14-13-5)8(9,10)11/h2-4H,1H3,(H,13,14). The van der Waals surface area contributed by atoms with E-state index in [1.165, 1.54) is 10.9 Å². The van der Waals surface area contributed by atoms with Crippen LogP contribution < -0.4 is 0 Å². The van der Waals surface area contributed by atoms with Crippen molar-refractivity contribution in [3.63, 3.8) is 0 Å². The molecule has 0 unspecified atom stereocenters. The molecular formula is C8H7F3N4. The summed E-state index contributed by atoms with van der Waals surface area (Å²) in [5, 5.41) is 9.37. The summed E-state index contributed by atoms with van der Waals surface area (Å²) in [6.45, 7) is 0. The Balaban J connectivity index is 2.41. The maximum Gasteiger partial charge on any atom is 0.432 e. The number of nitrogens with zero attached hydrogens (tertiary/aromatic N) is 3. The second-order valence-electron chi connectivity index (χ2n) is 3.00. The van der Waals surface area contributed by atoms with Crippen molar-refractivity contribution in [3.05, 3.63) is 24.0 Å². The Labute approximate surface area is 82.7 Å². The molecule has 2 heterocycles. The predicted octanol–water partition coefficient (Wildman–Crippen LogP) is 1.83. The summed E-state index contributed by atoms with van der Waals surface area (Å²) in [5.41, 5.74) is -0.109. The molecule has 0 aliphatic heterocycles. The van der Waals surface area contributed by atoms with Gasteiger partial charge in [-0.3, -0.25) is 9.78 Å². The third kappa shape index (κ3) is 1.72. The Kier molecular flexibility index (Phi) is 2.02. The van der Waals surface area contributed by atoms with Gasteiger partial charge >= 0.3 is 6.18 Å². The molecule has 0 radical (unpaired) electrons. The van der Waals surface area contributed by atoms with Gasteiger partial charge in [-0.25, -0.2) is 0 Å². The van der Waals surface area contributed by atoms with Crippen molar-refractivity contribution in [1.82, 2.24) is 20.0 Å². The highest BCUT2D eigenvalue weighted by atomic mass is 19.4. The molecule has 0 saturated heterocycles. The van der Waals surface area contributed by atoms with Gasteiger partial charge in [-0.2, -0.15) is 23.4 Å². The third-order valence-corrected chi connectivity index (χ3v) is 1.97. The van der Waals surface area contributed by atoms with Crippen molar-refractivity contribution >= 4 is 0 Å². The minimum Gasteiger partial charge on any atom is -0.273 e. The fourth-order valence-corrected chi connectivity index (χ4v) is 1.22. The first-order valence-corrected chi connectivity index (χ1v) is 4.09. The molecule has 0 spiro atoms. The normalized spacial score (nSPS) is 12.0. The van der Waals surface area contributed by atoms with E-state index in [0.29, 0.717) is 5.69 Å². The van der Waals surface area contributed by atoms with Gasteiger partial charge in [0.25, 0.3) is 0 Å². The number of halogens is 3. The van der Waals surface area contributed by atoms with Crippen LogP contribution in [-0.2, 0) is 13.2 Å². The van der Waals surface area contributed by atoms with Crippen LogP contribution in [0.5, 0.6) is 0 Å². The number of hydrogen-bond acceptors (Lipinski definition) is 2. The molecule has 0 amide bonds. The van der Waals surface area contributed by atoms with Gasteiger partial charge in [0.2, 0.25) is 0 Å². The van der Waals surface area contributed by atoms with Gasteiger partial charge in [0.15, 0.2) is 0 Å². The van der Waals surface area contributed by atoms with E-state index in [1.54, 1.807) is 13.1 Å². The molecule has 0 aliphatic carbocycles. The lowest BCUT2D eigenvalue weighted by Gasteiger charge is -1.99. The minimum atomic E-state index is -4.40. The Morgan fingerprint density at radius 2 is 2.13 bits per heavy atom. The van der Waals surface area contributed by atoms with Gasteiger partial charge in [-0.05, 0) is 12.1 Å². The Morgan fingerprint density at radius 3 is 2.60 bits per heavy atom. The summed E-state index contributed by atoms with van der Waals surface area (Å²) in [6, 6.07) is 2.55. The van der Waals surface area contributed by atoms with Crippen molar-refractivity contribution in [1.29, 1.82) is 0 Å². The Bertz CT molecular complexity index is 468. The number of nitrogens with one attached hydrogen (secondary N) is 1. The van der Waals surface area contributed by atoms with E-state index in [1.807, 2.05) is 5.10 Å². The molecule has 2 aromatic rings.